The zero-order valence-corrected chi connectivity index (χ0v) is 14.8. The maximum Gasteiger partial charge on any atom is 0.240 e. The Morgan fingerprint density at radius 1 is 1.15 bits per heavy atom. The van der Waals surface area contributed by atoms with Gasteiger partial charge in [0, 0.05) is 7.05 Å². The molecule has 136 valence electrons. The lowest BCUT2D eigenvalue weighted by atomic mass is 9.81. The molecule has 1 aliphatic carbocycles. The molecule has 2 fully saturated rings. The van der Waals surface area contributed by atoms with Gasteiger partial charge in [0.2, 0.25) is 17.7 Å². The number of imide groups is 1. The van der Waals surface area contributed by atoms with Crippen LogP contribution in [0.25, 0.3) is 11.0 Å². The van der Waals surface area contributed by atoms with Crippen LogP contribution in [0.3, 0.4) is 0 Å². The van der Waals surface area contributed by atoms with Crippen molar-refractivity contribution in [2.24, 2.45) is 18.9 Å². The first-order valence-electron chi connectivity index (χ1n) is 9.08. The second-order valence-electron chi connectivity index (χ2n) is 7.11. The van der Waals surface area contributed by atoms with Crippen molar-refractivity contribution in [2.75, 3.05) is 6.54 Å². The van der Waals surface area contributed by atoms with E-state index in [1.165, 1.54) is 0 Å². The minimum absolute atomic E-state index is 0.183. The van der Waals surface area contributed by atoms with Crippen molar-refractivity contribution in [1.82, 2.24) is 19.8 Å². The smallest absolute Gasteiger partial charge is 0.240 e. The number of aromatic nitrogens is 2. The summed E-state index contributed by atoms with van der Waals surface area (Å²) in [4.78, 5) is 42.8. The van der Waals surface area contributed by atoms with Crippen molar-refractivity contribution in [2.45, 2.75) is 32.2 Å². The van der Waals surface area contributed by atoms with Crippen LogP contribution in [0.5, 0.6) is 0 Å². The molecule has 2 atom stereocenters. The van der Waals surface area contributed by atoms with Crippen LogP contribution in [0.15, 0.2) is 24.3 Å². The Balaban J connectivity index is 1.40. The number of likely N-dealkylation sites (tertiary alicyclic amines) is 1. The average molecular weight is 354 g/mol. The third-order valence-corrected chi connectivity index (χ3v) is 5.56. The molecule has 4 rings (SSSR count). The van der Waals surface area contributed by atoms with Gasteiger partial charge in [-0.2, -0.15) is 0 Å². The monoisotopic (exact) mass is 354 g/mol. The molecule has 26 heavy (non-hydrogen) atoms. The SMILES string of the molecule is Cn1c(CNC(=O)CN2C(=O)C3CCCCC3C2=O)nc2ccccc21. The Kier molecular flexibility index (Phi) is 4.22. The van der Waals surface area contributed by atoms with Crippen LogP contribution in [0.4, 0.5) is 0 Å². The Labute approximate surface area is 151 Å². The molecule has 1 aliphatic heterocycles. The molecule has 1 aromatic heterocycles. The molecule has 1 saturated carbocycles. The number of amides is 3. The second-order valence-corrected chi connectivity index (χ2v) is 7.11. The minimum atomic E-state index is -0.336. The number of fused-ring (bicyclic) bond motifs is 2. The van der Waals surface area contributed by atoms with E-state index in [0.29, 0.717) is 0 Å². The molecule has 2 heterocycles. The maximum atomic E-state index is 12.4. The van der Waals surface area contributed by atoms with E-state index in [0.717, 1.165) is 47.4 Å². The van der Waals surface area contributed by atoms with Crippen molar-refractivity contribution in [3.05, 3.63) is 30.1 Å². The highest BCUT2D eigenvalue weighted by atomic mass is 16.2. The summed E-state index contributed by atoms with van der Waals surface area (Å²) >= 11 is 0. The lowest BCUT2D eigenvalue weighted by molar-refractivity contribution is -0.143. The zero-order valence-electron chi connectivity index (χ0n) is 14.8. The molecular weight excluding hydrogens is 332 g/mol. The van der Waals surface area contributed by atoms with Crippen molar-refractivity contribution in [1.29, 1.82) is 0 Å². The van der Waals surface area contributed by atoms with E-state index >= 15 is 0 Å². The highest BCUT2D eigenvalue weighted by Gasteiger charge is 2.48. The van der Waals surface area contributed by atoms with Crippen molar-refractivity contribution < 1.29 is 14.4 Å². The number of para-hydroxylation sites is 2. The highest BCUT2D eigenvalue weighted by molar-refractivity contribution is 6.07. The van der Waals surface area contributed by atoms with Gasteiger partial charge < -0.3 is 9.88 Å². The standard InChI is InChI=1S/C19H22N4O3/c1-22-15-9-5-4-8-14(15)21-16(22)10-20-17(24)11-23-18(25)12-6-2-3-7-13(12)19(23)26/h4-5,8-9,12-13H,2-3,6-7,10-11H2,1H3,(H,20,24). The molecule has 2 aromatic rings. The fraction of sp³-hybridized carbons (Fsp3) is 0.474. The van der Waals surface area contributed by atoms with E-state index in [2.05, 4.69) is 10.3 Å². The Hall–Kier alpha value is -2.70. The molecule has 1 N–H and O–H groups in total. The number of rotatable bonds is 4. The number of carbonyl (C=O) groups is 3. The van der Waals surface area contributed by atoms with E-state index in [-0.39, 0.29) is 42.6 Å². The molecule has 2 unspecified atom stereocenters. The predicted molar refractivity (Wildman–Crippen MR) is 94.7 cm³/mol. The van der Waals surface area contributed by atoms with E-state index in [1.807, 2.05) is 35.9 Å². The summed E-state index contributed by atoms with van der Waals surface area (Å²) in [5, 5.41) is 2.78. The number of imidazole rings is 1. The van der Waals surface area contributed by atoms with Crippen LogP contribution in [-0.4, -0.2) is 38.7 Å². The van der Waals surface area contributed by atoms with Gasteiger partial charge in [0.25, 0.3) is 0 Å². The topological polar surface area (TPSA) is 84.3 Å². The Bertz CT molecular complexity index is 864. The maximum absolute atomic E-state index is 12.4. The first kappa shape index (κ1) is 16.8. The van der Waals surface area contributed by atoms with Crippen LogP contribution < -0.4 is 5.32 Å². The molecule has 0 radical (unpaired) electrons. The third kappa shape index (κ3) is 2.77. The molecular formula is C19H22N4O3. The van der Waals surface area contributed by atoms with E-state index in [4.69, 9.17) is 0 Å². The quantitative estimate of drug-likeness (QED) is 0.841. The number of hydrogen-bond acceptors (Lipinski definition) is 4. The van der Waals surface area contributed by atoms with Crippen LogP contribution >= 0.6 is 0 Å². The molecule has 1 saturated heterocycles. The van der Waals surface area contributed by atoms with Gasteiger partial charge in [0.05, 0.1) is 29.4 Å². The van der Waals surface area contributed by atoms with E-state index < -0.39 is 0 Å². The predicted octanol–water partition coefficient (Wildman–Crippen LogP) is 1.36. The summed E-state index contributed by atoms with van der Waals surface area (Å²) < 4.78 is 1.93. The largest absolute Gasteiger partial charge is 0.347 e. The summed E-state index contributed by atoms with van der Waals surface area (Å²) in [6.45, 7) is 0.0572. The van der Waals surface area contributed by atoms with Gasteiger partial charge in [-0.15, -0.1) is 0 Å². The van der Waals surface area contributed by atoms with Crippen LogP contribution in [0.1, 0.15) is 31.5 Å². The van der Waals surface area contributed by atoms with Gasteiger partial charge in [0.15, 0.2) is 0 Å². The van der Waals surface area contributed by atoms with E-state index in [9.17, 15) is 14.4 Å². The summed E-state index contributed by atoms with van der Waals surface area (Å²) in [6.07, 6.45) is 3.47. The fourth-order valence-corrected chi connectivity index (χ4v) is 4.12. The molecule has 0 bridgehead atoms. The van der Waals surface area contributed by atoms with Gasteiger partial charge in [-0.3, -0.25) is 19.3 Å². The van der Waals surface area contributed by atoms with Gasteiger partial charge >= 0.3 is 0 Å². The van der Waals surface area contributed by atoms with Crippen molar-refractivity contribution in [3.63, 3.8) is 0 Å². The number of nitrogens with zero attached hydrogens (tertiary/aromatic N) is 3. The molecule has 3 amide bonds. The normalized spacial score (nSPS) is 22.7. The number of aryl methyl sites for hydroxylation is 1. The summed E-state index contributed by atoms with van der Waals surface area (Å²) in [6, 6.07) is 7.75. The first-order chi connectivity index (χ1) is 12.6. The highest BCUT2D eigenvalue weighted by Crippen LogP contribution is 2.37. The lowest BCUT2D eigenvalue weighted by Gasteiger charge is -2.19. The minimum Gasteiger partial charge on any atom is -0.347 e. The van der Waals surface area contributed by atoms with Gasteiger partial charge in [-0.1, -0.05) is 25.0 Å². The number of carbonyl (C=O) groups excluding carboxylic acids is 3. The molecule has 7 nitrogen and oxygen atoms in total. The molecule has 2 aliphatic rings. The summed E-state index contributed by atoms with van der Waals surface area (Å²) in [7, 11) is 1.90. The fourth-order valence-electron chi connectivity index (χ4n) is 4.12. The van der Waals surface area contributed by atoms with Gasteiger partial charge in [0.1, 0.15) is 12.4 Å². The third-order valence-electron chi connectivity index (χ3n) is 5.56. The van der Waals surface area contributed by atoms with Crippen LogP contribution in [0.2, 0.25) is 0 Å². The lowest BCUT2D eigenvalue weighted by Crippen LogP contribution is -2.41. The van der Waals surface area contributed by atoms with Gasteiger partial charge in [-0.25, -0.2) is 4.98 Å². The zero-order chi connectivity index (χ0) is 18.3. The molecule has 7 heteroatoms. The van der Waals surface area contributed by atoms with Gasteiger partial charge in [-0.05, 0) is 25.0 Å². The summed E-state index contributed by atoms with van der Waals surface area (Å²) in [5.74, 6) is -0.410. The van der Waals surface area contributed by atoms with Crippen LogP contribution in [0, 0.1) is 11.8 Å². The second kappa shape index (κ2) is 6.55. The Morgan fingerprint density at radius 3 is 2.46 bits per heavy atom. The first-order valence-corrected chi connectivity index (χ1v) is 9.08. The van der Waals surface area contributed by atoms with E-state index in [1.54, 1.807) is 0 Å². The molecule has 0 spiro atoms. The Morgan fingerprint density at radius 2 is 1.81 bits per heavy atom. The number of hydrogen-bond donors (Lipinski definition) is 1. The number of nitrogens with one attached hydrogen (secondary N) is 1. The molecule has 1 aromatic carbocycles. The number of benzene rings is 1. The summed E-state index contributed by atoms with van der Waals surface area (Å²) in [5.41, 5.74) is 1.86. The average Bonchev–Trinajstić information content (AvgIpc) is 3.10. The van der Waals surface area contributed by atoms with Crippen LogP contribution in [-0.2, 0) is 28.0 Å². The van der Waals surface area contributed by atoms with Crippen molar-refractivity contribution >= 4 is 28.8 Å². The van der Waals surface area contributed by atoms with Crippen molar-refractivity contribution in [3.8, 4) is 0 Å².